The summed E-state index contributed by atoms with van der Waals surface area (Å²) in [7, 11) is 0. The third-order valence-corrected chi connectivity index (χ3v) is 2.52. The van der Waals surface area contributed by atoms with Gasteiger partial charge in [-0.3, -0.25) is 9.59 Å². The van der Waals surface area contributed by atoms with Crippen LogP contribution >= 0.6 is 0 Å². The van der Waals surface area contributed by atoms with Gasteiger partial charge in [-0.25, -0.2) is 0 Å². The Balaban J connectivity index is 2.79. The SMILES string of the molecule is O=C(N1CC=CCN(C(=O)C(F)(F)F)CC1)C(F)(F)F. The van der Waals surface area contributed by atoms with Gasteiger partial charge < -0.3 is 9.80 Å². The van der Waals surface area contributed by atoms with Gasteiger partial charge in [0, 0.05) is 26.2 Å². The summed E-state index contributed by atoms with van der Waals surface area (Å²) >= 11 is 0. The van der Waals surface area contributed by atoms with E-state index in [2.05, 4.69) is 0 Å². The minimum absolute atomic E-state index is 0.340. The van der Waals surface area contributed by atoms with Crippen LogP contribution < -0.4 is 0 Å². The number of carbonyl (C=O) groups excluding carboxylic acids is 2. The molecule has 0 radical (unpaired) electrons. The lowest BCUT2D eigenvalue weighted by Crippen LogP contribution is -2.49. The van der Waals surface area contributed by atoms with Crippen LogP contribution in [0.4, 0.5) is 26.3 Å². The number of hydrogen-bond acceptors (Lipinski definition) is 2. The Labute approximate surface area is 109 Å². The molecule has 0 saturated heterocycles. The summed E-state index contributed by atoms with van der Waals surface area (Å²) in [5.74, 6) is -4.30. The fourth-order valence-electron chi connectivity index (χ4n) is 1.56. The van der Waals surface area contributed by atoms with Crippen LogP contribution in [0.3, 0.4) is 0 Å². The Morgan fingerprint density at radius 3 is 1.30 bits per heavy atom. The molecule has 4 nitrogen and oxygen atoms in total. The molecule has 0 aliphatic carbocycles. The largest absolute Gasteiger partial charge is 0.471 e. The first-order chi connectivity index (χ1) is 9.03. The molecule has 1 aliphatic heterocycles. The van der Waals surface area contributed by atoms with Crippen LogP contribution in [0.1, 0.15) is 0 Å². The summed E-state index contributed by atoms with van der Waals surface area (Å²) in [4.78, 5) is 22.7. The highest BCUT2D eigenvalue weighted by Crippen LogP contribution is 2.21. The summed E-state index contributed by atoms with van der Waals surface area (Å²) in [5.41, 5.74) is 0. The van der Waals surface area contributed by atoms with E-state index in [4.69, 9.17) is 0 Å². The van der Waals surface area contributed by atoms with E-state index in [9.17, 15) is 35.9 Å². The minimum atomic E-state index is -5.11. The molecule has 1 rings (SSSR count). The lowest BCUT2D eigenvalue weighted by Gasteiger charge is -2.29. The van der Waals surface area contributed by atoms with Crippen LogP contribution in [0.25, 0.3) is 0 Å². The number of amides is 2. The predicted octanol–water partition coefficient (Wildman–Crippen LogP) is 1.34. The van der Waals surface area contributed by atoms with Gasteiger partial charge in [0.1, 0.15) is 0 Å². The van der Waals surface area contributed by atoms with Crippen molar-refractivity contribution >= 4 is 11.8 Å². The number of halogens is 6. The normalized spacial score (nSPS) is 17.7. The van der Waals surface area contributed by atoms with Crippen molar-refractivity contribution in [3.8, 4) is 0 Å². The molecule has 0 fully saturated rings. The van der Waals surface area contributed by atoms with Crippen LogP contribution in [0, 0.1) is 0 Å². The van der Waals surface area contributed by atoms with Gasteiger partial charge >= 0.3 is 24.2 Å². The number of hydrogen-bond donors (Lipinski definition) is 0. The molecule has 1 aliphatic rings. The molecule has 0 aromatic rings. The second kappa shape index (κ2) is 5.71. The molecule has 0 aromatic carbocycles. The van der Waals surface area contributed by atoms with E-state index in [1.54, 1.807) is 0 Å². The molecular weight excluding hydrogens is 294 g/mol. The highest BCUT2D eigenvalue weighted by atomic mass is 19.4. The monoisotopic (exact) mass is 304 g/mol. The maximum atomic E-state index is 12.2. The first-order valence-corrected chi connectivity index (χ1v) is 5.40. The van der Waals surface area contributed by atoms with E-state index in [-0.39, 0.29) is 13.1 Å². The number of rotatable bonds is 0. The van der Waals surface area contributed by atoms with Gasteiger partial charge in [-0.1, -0.05) is 12.2 Å². The summed E-state index contributed by atoms with van der Waals surface area (Å²) < 4.78 is 73.4. The summed E-state index contributed by atoms with van der Waals surface area (Å²) in [6.07, 6.45) is -7.99. The fraction of sp³-hybridized carbons (Fsp3) is 0.600. The minimum Gasteiger partial charge on any atom is -0.329 e. The lowest BCUT2D eigenvalue weighted by molar-refractivity contribution is -0.188. The van der Waals surface area contributed by atoms with Gasteiger partial charge in [0.05, 0.1) is 0 Å². The second-order valence-corrected chi connectivity index (χ2v) is 3.97. The third kappa shape index (κ3) is 4.14. The van der Waals surface area contributed by atoms with Gasteiger partial charge in [0.2, 0.25) is 0 Å². The molecule has 0 unspecified atom stereocenters. The molecular formula is C10H10F6N2O2. The Kier molecular flexibility index (Phi) is 4.66. The lowest BCUT2D eigenvalue weighted by atomic mass is 10.3. The molecule has 0 N–H and O–H groups in total. The average Bonchev–Trinajstić information content (AvgIpc) is 2.25. The molecule has 0 spiro atoms. The van der Waals surface area contributed by atoms with Crippen LogP contribution in [0.15, 0.2) is 12.2 Å². The summed E-state index contributed by atoms with van der Waals surface area (Å²) in [6.45, 7) is -1.98. The van der Waals surface area contributed by atoms with Crippen LogP contribution in [-0.2, 0) is 9.59 Å². The van der Waals surface area contributed by atoms with Crippen LogP contribution in [-0.4, -0.2) is 60.1 Å². The highest BCUT2D eigenvalue weighted by molar-refractivity contribution is 5.83. The first-order valence-electron chi connectivity index (χ1n) is 5.40. The van der Waals surface area contributed by atoms with Crippen molar-refractivity contribution in [1.82, 2.24) is 9.80 Å². The number of alkyl halides is 6. The quantitative estimate of drug-likeness (QED) is 0.500. The topological polar surface area (TPSA) is 40.6 Å². The zero-order valence-corrected chi connectivity index (χ0v) is 9.96. The zero-order chi connectivity index (χ0) is 15.6. The maximum Gasteiger partial charge on any atom is 0.471 e. The van der Waals surface area contributed by atoms with Crippen molar-refractivity contribution in [1.29, 1.82) is 0 Å². The summed E-state index contributed by atoms with van der Waals surface area (Å²) in [6, 6.07) is 0. The van der Waals surface area contributed by atoms with Gasteiger partial charge in [0.15, 0.2) is 0 Å². The average molecular weight is 304 g/mol. The van der Waals surface area contributed by atoms with Crippen molar-refractivity contribution in [2.75, 3.05) is 26.2 Å². The van der Waals surface area contributed by atoms with Gasteiger partial charge in [0.25, 0.3) is 0 Å². The van der Waals surface area contributed by atoms with E-state index in [0.717, 1.165) is 12.2 Å². The van der Waals surface area contributed by atoms with Gasteiger partial charge in [-0.05, 0) is 0 Å². The molecule has 0 atom stereocenters. The van der Waals surface area contributed by atoms with Crippen molar-refractivity contribution in [2.45, 2.75) is 12.4 Å². The van der Waals surface area contributed by atoms with E-state index in [0.29, 0.717) is 9.80 Å². The standard InChI is InChI=1S/C10H10F6N2O2/c11-9(12,13)7(19)17-3-1-2-4-18(6-5-17)8(20)10(14,15)16/h1-2H,3-6H2. The molecule has 114 valence electrons. The highest BCUT2D eigenvalue weighted by Gasteiger charge is 2.44. The third-order valence-electron chi connectivity index (χ3n) is 2.52. The zero-order valence-electron chi connectivity index (χ0n) is 9.96. The van der Waals surface area contributed by atoms with E-state index in [1.807, 2.05) is 0 Å². The first kappa shape index (κ1) is 16.3. The molecule has 20 heavy (non-hydrogen) atoms. The maximum absolute atomic E-state index is 12.2. The van der Waals surface area contributed by atoms with Crippen LogP contribution in [0.2, 0.25) is 0 Å². The van der Waals surface area contributed by atoms with E-state index in [1.165, 1.54) is 0 Å². The van der Waals surface area contributed by atoms with Crippen molar-refractivity contribution in [3.05, 3.63) is 12.2 Å². The Morgan fingerprint density at radius 1 is 0.750 bits per heavy atom. The Morgan fingerprint density at radius 2 is 1.05 bits per heavy atom. The van der Waals surface area contributed by atoms with Crippen molar-refractivity contribution in [2.24, 2.45) is 0 Å². The van der Waals surface area contributed by atoms with E-state index < -0.39 is 37.3 Å². The molecule has 0 bridgehead atoms. The molecule has 10 heteroatoms. The molecule has 1 heterocycles. The van der Waals surface area contributed by atoms with Crippen LogP contribution in [0.5, 0.6) is 0 Å². The van der Waals surface area contributed by atoms with E-state index >= 15 is 0 Å². The van der Waals surface area contributed by atoms with Gasteiger partial charge in [-0.2, -0.15) is 26.3 Å². The van der Waals surface area contributed by atoms with Crippen molar-refractivity contribution < 1.29 is 35.9 Å². The second-order valence-electron chi connectivity index (χ2n) is 3.97. The molecule has 0 aromatic heterocycles. The number of nitrogens with zero attached hydrogens (tertiary/aromatic N) is 2. The predicted molar refractivity (Wildman–Crippen MR) is 54.4 cm³/mol. The Hall–Kier alpha value is -1.74. The smallest absolute Gasteiger partial charge is 0.329 e. The van der Waals surface area contributed by atoms with Gasteiger partial charge in [-0.15, -0.1) is 0 Å². The Bertz CT molecular complexity index is 377. The molecule has 0 saturated carbocycles. The fourth-order valence-corrected chi connectivity index (χ4v) is 1.56. The number of carbonyl (C=O) groups is 2. The summed E-state index contributed by atoms with van der Waals surface area (Å²) in [5, 5.41) is 0. The molecule has 2 amide bonds. The van der Waals surface area contributed by atoms with Crippen molar-refractivity contribution in [3.63, 3.8) is 0 Å².